The van der Waals surface area contributed by atoms with Crippen LogP contribution in [0.25, 0.3) is 6.08 Å². The number of benzene rings is 1. The molecule has 3 rings (SSSR count). The van der Waals surface area contributed by atoms with Crippen LogP contribution in [-0.4, -0.2) is 16.8 Å². The fraction of sp³-hybridized carbons (Fsp3) is 0.0667. The second kappa shape index (κ2) is 5.28. The Bertz CT molecular complexity index is 818. The summed E-state index contributed by atoms with van der Waals surface area (Å²) in [5.41, 5.74) is 0.909. The summed E-state index contributed by atoms with van der Waals surface area (Å²) in [4.78, 5) is 26.3. The van der Waals surface area contributed by atoms with Crippen LogP contribution in [0.5, 0.6) is 0 Å². The first-order valence-corrected chi connectivity index (χ1v) is 6.36. The lowest BCUT2D eigenvalue weighted by molar-refractivity contribution is -0.385. The van der Waals surface area contributed by atoms with Crippen molar-refractivity contribution in [3.8, 4) is 0 Å². The molecule has 1 aliphatic rings. The molecule has 7 nitrogen and oxygen atoms in total. The zero-order valence-electron chi connectivity index (χ0n) is 11.5. The van der Waals surface area contributed by atoms with Crippen LogP contribution < -0.4 is 0 Å². The second-order valence-electron chi connectivity index (χ2n) is 4.61. The number of ether oxygens (including phenoxy) is 1. The summed E-state index contributed by atoms with van der Waals surface area (Å²) in [7, 11) is 0. The lowest BCUT2D eigenvalue weighted by atomic mass is 10.1. The van der Waals surface area contributed by atoms with Gasteiger partial charge in [0.05, 0.1) is 11.2 Å². The average molecular weight is 298 g/mol. The number of nitro benzene ring substituents is 1. The van der Waals surface area contributed by atoms with Crippen LogP contribution in [-0.2, 0) is 9.53 Å². The third-order valence-electron chi connectivity index (χ3n) is 3.10. The first-order valence-electron chi connectivity index (χ1n) is 6.36. The molecule has 0 aliphatic carbocycles. The topological polar surface area (TPSA) is 94.9 Å². The Kier molecular flexibility index (Phi) is 3.30. The number of furan rings is 1. The highest BCUT2D eigenvalue weighted by Gasteiger charge is 2.26. The Morgan fingerprint density at radius 2 is 2.14 bits per heavy atom. The smallest absolute Gasteiger partial charge is 0.363 e. The van der Waals surface area contributed by atoms with Gasteiger partial charge in [0.15, 0.2) is 5.70 Å². The van der Waals surface area contributed by atoms with Crippen molar-refractivity contribution in [2.45, 2.75) is 6.92 Å². The molecule has 0 amide bonds. The van der Waals surface area contributed by atoms with E-state index in [0.29, 0.717) is 16.9 Å². The summed E-state index contributed by atoms with van der Waals surface area (Å²) in [5.74, 6) is -0.132. The molecular formula is C15H10N2O5. The fourth-order valence-electron chi connectivity index (χ4n) is 1.98. The van der Waals surface area contributed by atoms with Crippen molar-refractivity contribution in [3.05, 3.63) is 69.3 Å². The van der Waals surface area contributed by atoms with E-state index in [0.717, 1.165) is 0 Å². The summed E-state index contributed by atoms with van der Waals surface area (Å²) in [5, 5.41) is 11.0. The molecule has 0 fully saturated rings. The summed E-state index contributed by atoms with van der Waals surface area (Å²) >= 11 is 0. The summed E-state index contributed by atoms with van der Waals surface area (Å²) in [6.45, 7) is 1.63. The number of nitrogens with zero attached hydrogens (tertiary/aromatic N) is 2. The minimum absolute atomic E-state index is 0.0332. The predicted molar refractivity (Wildman–Crippen MR) is 77.1 cm³/mol. The Labute approximate surface area is 124 Å². The van der Waals surface area contributed by atoms with Gasteiger partial charge in [-0.3, -0.25) is 10.1 Å². The highest BCUT2D eigenvalue weighted by molar-refractivity contribution is 6.12. The van der Waals surface area contributed by atoms with Gasteiger partial charge in [0.2, 0.25) is 5.90 Å². The van der Waals surface area contributed by atoms with Gasteiger partial charge in [-0.25, -0.2) is 9.79 Å². The summed E-state index contributed by atoms with van der Waals surface area (Å²) in [6.07, 6.45) is 2.92. The van der Waals surface area contributed by atoms with Crippen molar-refractivity contribution in [1.82, 2.24) is 0 Å². The summed E-state index contributed by atoms with van der Waals surface area (Å²) in [6, 6.07) is 7.88. The van der Waals surface area contributed by atoms with Crippen LogP contribution in [0, 0.1) is 17.0 Å². The number of carbonyl (C=O) groups is 1. The number of cyclic esters (lactones) is 1. The molecule has 0 bridgehead atoms. The minimum Gasteiger partial charge on any atom is -0.465 e. The van der Waals surface area contributed by atoms with E-state index >= 15 is 0 Å². The third-order valence-corrected chi connectivity index (χ3v) is 3.10. The van der Waals surface area contributed by atoms with E-state index in [4.69, 9.17) is 9.15 Å². The van der Waals surface area contributed by atoms with E-state index in [9.17, 15) is 14.9 Å². The van der Waals surface area contributed by atoms with Crippen molar-refractivity contribution < 1.29 is 18.9 Å². The van der Waals surface area contributed by atoms with Gasteiger partial charge >= 0.3 is 5.97 Å². The first kappa shape index (κ1) is 13.7. The molecule has 1 aromatic carbocycles. The second-order valence-corrected chi connectivity index (χ2v) is 4.61. The number of hydrogen-bond donors (Lipinski definition) is 0. The van der Waals surface area contributed by atoms with Crippen molar-refractivity contribution in [3.63, 3.8) is 0 Å². The summed E-state index contributed by atoms with van der Waals surface area (Å²) < 4.78 is 10.2. The molecule has 1 aliphatic heterocycles. The highest BCUT2D eigenvalue weighted by atomic mass is 16.6. The number of aryl methyl sites for hydroxylation is 1. The average Bonchev–Trinajstić information content (AvgIpc) is 3.10. The Balaban J connectivity index is 1.98. The maximum Gasteiger partial charge on any atom is 0.363 e. The van der Waals surface area contributed by atoms with E-state index in [1.54, 1.807) is 31.2 Å². The number of esters is 1. The molecule has 0 spiro atoms. The van der Waals surface area contributed by atoms with Crippen molar-refractivity contribution in [2.24, 2.45) is 4.99 Å². The minimum atomic E-state index is -0.630. The van der Waals surface area contributed by atoms with Gasteiger partial charge in [-0.15, -0.1) is 0 Å². The zero-order valence-corrected chi connectivity index (χ0v) is 11.5. The SMILES string of the molecule is Cc1ccc(C2=NC(=Cc3ccco3)C(=O)O2)cc1[N+](=O)[O-]. The molecule has 0 N–H and O–H groups in total. The lowest BCUT2D eigenvalue weighted by Gasteiger charge is -2.01. The van der Waals surface area contributed by atoms with Gasteiger partial charge in [0.1, 0.15) is 5.76 Å². The van der Waals surface area contributed by atoms with E-state index in [1.165, 1.54) is 18.4 Å². The van der Waals surface area contributed by atoms with Gasteiger partial charge in [-0.05, 0) is 25.1 Å². The normalized spacial score (nSPS) is 15.8. The molecule has 0 atom stereocenters. The van der Waals surface area contributed by atoms with E-state index in [2.05, 4.69) is 4.99 Å². The number of carbonyl (C=O) groups excluding carboxylic acids is 1. The van der Waals surface area contributed by atoms with Gasteiger partial charge in [-0.2, -0.15) is 0 Å². The number of hydrogen-bond acceptors (Lipinski definition) is 6. The number of aliphatic imine (C=N–C) groups is 1. The molecule has 2 aromatic rings. The van der Waals surface area contributed by atoms with E-state index < -0.39 is 10.9 Å². The predicted octanol–water partition coefficient (Wildman–Crippen LogP) is 2.84. The van der Waals surface area contributed by atoms with E-state index in [1.807, 2.05) is 0 Å². The van der Waals surface area contributed by atoms with Gasteiger partial charge in [0, 0.05) is 23.3 Å². The molecule has 0 radical (unpaired) electrons. The van der Waals surface area contributed by atoms with Crippen LogP contribution in [0.15, 0.2) is 51.7 Å². The third kappa shape index (κ3) is 2.51. The maximum absolute atomic E-state index is 11.8. The molecule has 1 aromatic heterocycles. The number of rotatable bonds is 3. The molecule has 0 saturated carbocycles. The van der Waals surface area contributed by atoms with Crippen LogP contribution in [0.4, 0.5) is 5.69 Å². The first-order chi connectivity index (χ1) is 10.5. The Morgan fingerprint density at radius 3 is 2.82 bits per heavy atom. The molecule has 110 valence electrons. The van der Waals surface area contributed by atoms with Crippen molar-refractivity contribution in [2.75, 3.05) is 0 Å². The lowest BCUT2D eigenvalue weighted by Crippen LogP contribution is -2.06. The number of nitro groups is 1. The van der Waals surface area contributed by atoms with Crippen LogP contribution >= 0.6 is 0 Å². The van der Waals surface area contributed by atoms with Gasteiger partial charge in [0.25, 0.3) is 5.69 Å². The molecule has 0 unspecified atom stereocenters. The monoisotopic (exact) mass is 298 g/mol. The standard InChI is InChI=1S/C15H10N2O5/c1-9-4-5-10(7-13(9)17(19)20)14-16-12(15(18)22-14)8-11-3-2-6-21-11/h2-8H,1H3. The van der Waals surface area contributed by atoms with E-state index in [-0.39, 0.29) is 17.3 Å². The van der Waals surface area contributed by atoms with Gasteiger partial charge < -0.3 is 9.15 Å². The Morgan fingerprint density at radius 1 is 1.32 bits per heavy atom. The van der Waals surface area contributed by atoms with Crippen LogP contribution in [0.1, 0.15) is 16.9 Å². The molecule has 22 heavy (non-hydrogen) atoms. The largest absolute Gasteiger partial charge is 0.465 e. The van der Waals surface area contributed by atoms with Crippen LogP contribution in [0.3, 0.4) is 0 Å². The Hall–Kier alpha value is -3.22. The molecule has 7 heteroatoms. The maximum atomic E-state index is 11.8. The fourth-order valence-corrected chi connectivity index (χ4v) is 1.98. The quantitative estimate of drug-likeness (QED) is 0.376. The zero-order chi connectivity index (χ0) is 15.7. The van der Waals surface area contributed by atoms with Crippen molar-refractivity contribution >= 4 is 23.6 Å². The molecule has 0 saturated heterocycles. The molecule has 2 heterocycles. The van der Waals surface area contributed by atoms with Gasteiger partial charge in [-0.1, -0.05) is 6.07 Å². The van der Waals surface area contributed by atoms with Crippen molar-refractivity contribution in [1.29, 1.82) is 0 Å². The highest BCUT2D eigenvalue weighted by Crippen LogP contribution is 2.24. The van der Waals surface area contributed by atoms with Crippen LogP contribution in [0.2, 0.25) is 0 Å². The molecular weight excluding hydrogens is 288 g/mol.